The number of esters is 1. The van der Waals surface area contributed by atoms with Crippen LogP contribution < -0.4 is 5.32 Å². The maximum atomic E-state index is 12.2. The van der Waals surface area contributed by atoms with E-state index < -0.39 is 5.97 Å². The Kier molecular flexibility index (Phi) is 5.38. The summed E-state index contributed by atoms with van der Waals surface area (Å²) in [6.45, 7) is 3.83. The zero-order valence-electron chi connectivity index (χ0n) is 14.4. The van der Waals surface area contributed by atoms with E-state index in [1.165, 1.54) is 11.3 Å². The fourth-order valence-electron chi connectivity index (χ4n) is 2.30. The van der Waals surface area contributed by atoms with Crippen LogP contribution in [0.2, 0.25) is 0 Å². The van der Waals surface area contributed by atoms with Crippen LogP contribution in [-0.4, -0.2) is 22.1 Å². The van der Waals surface area contributed by atoms with E-state index in [0.29, 0.717) is 21.3 Å². The molecule has 0 spiro atoms. The van der Waals surface area contributed by atoms with Gasteiger partial charge in [0, 0.05) is 5.56 Å². The molecule has 6 nitrogen and oxygen atoms in total. The molecule has 2 aromatic carbocycles. The van der Waals surface area contributed by atoms with E-state index in [0.717, 1.165) is 11.1 Å². The van der Waals surface area contributed by atoms with Crippen LogP contribution in [0.1, 0.15) is 36.9 Å². The lowest BCUT2D eigenvalue weighted by Crippen LogP contribution is -2.11. The number of hydrogen-bond donors (Lipinski definition) is 1. The van der Waals surface area contributed by atoms with Crippen LogP contribution in [0.5, 0.6) is 0 Å². The molecule has 0 saturated heterocycles. The van der Waals surface area contributed by atoms with Crippen LogP contribution in [-0.2, 0) is 11.3 Å². The van der Waals surface area contributed by atoms with Gasteiger partial charge < -0.3 is 4.74 Å². The summed E-state index contributed by atoms with van der Waals surface area (Å²) in [6, 6.07) is 14.4. The third-order valence-corrected chi connectivity index (χ3v) is 4.36. The maximum absolute atomic E-state index is 12.2. The molecule has 3 rings (SSSR count). The average Bonchev–Trinajstić information content (AvgIpc) is 3.07. The Hall–Kier alpha value is -3.06. The van der Waals surface area contributed by atoms with Crippen molar-refractivity contribution in [1.82, 2.24) is 10.2 Å². The highest BCUT2D eigenvalue weighted by atomic mass is 32.1. The van der Waals surface area contributed by atoms with E-state index in [1.807, 2.05) is 32.0 Å². The molecule has 0 bridgehead atoms. The molecule has 1 aromatic heterocycles. The number of carbonyl (C=O) groups excluding carboxylic acids is 2. The molecule has 0 saturated carbocycles. The zero-order valence-corrected chi connectivity index (χ0v) is 15.2. The molecule has 3 aromatic rings. The zero-order chi connectivity index (χ0) is 18.5. The minimum atomic E-state index is -0.422. The van der Waals surface area contributed by atoms with Crippen LogP contribution >= 0.6 is 11.3 Å². The van der Waals surface area contributed by atoms with Crippen molar-refractivity contribution in [2.24, 2.45) is 0 Å². The van der Waals surface area contributed by atoms with Gasteiger partial charge in [0.15, 0.2) is 5.01 Å². The lowest BCUT2D eigenvalue weighted by Gasteiger charge is -2.03. The predicted molar refractivity (Wildman–Crippen MR) is 99.3 cm³/mol. The van der Waals surface area contributed by atoms with Crippen molar-refractivity contribution < 1.29 is 14.3 Å². The Labute approximate surface area is 154 Å². The number of carbonyl (C=O) groups is 2. The number of aryl methyl sites for hydroxylation is 2. The van der Waals surface area contributed by atoms with Crippen molar-refractivity contribution in [1.29, 1.82) is 0 Å². The quantitative estimate of drug-likeness (QED) is 0.694. The summed E-state index contributed by atoms with van der Waals surface area (Å²) in [6.07, 6.45) is 0. The Morgan fingerprint density at radius 2 is 1.65 bits per heavy atom. The van der Waals surface area contributed by atoms with Crippen LogP contribution in [0.25, 0.3) is 0 Å². The van der Waals surface area contributed by atoms with Crippen molar-refractivity contribution in [2.75, 3.05) is 5.32 Å². The van der Waals surface area contributed by atoms with Gasteiger partial charge in [-0.1, -0.05) is 46.7 Å². The summed E-state index contributed by atoms with van der Waals surface area (Å²) in [4.78, 5) is 24.2. The second-order valence-electron chi connectivity index (χ2n) is 5.77. The molecule has 26 heavy (non-hydrogen) atoms. The van der Waals surface area contributed by atoms with E-state index >= 15 is 0 Å². The van der Waals surface area contributed by atoms with Gasteiger partial charge in [-0.3, -0.25) is 10.1 Å². The molecule has 1 heterocycles. The Morgan fingerprint density at radius 3 is 2.35 bits per heavy atom. The number of rotatable bonds is 5. The first-order chi connectivity index (χ1) is 12.5. The van der Waals surface area contributed by atoms with Crippen molar-refractivity contribution in [3.63, 3.8) is 0 Å². The summed E-state index contributed by atoms with van der Waals surface area (Å²) >= 11 is 1.17. The minimum Gasteiger partial charge on any atom is -0.455 e. The second-order valence-corrected chi connectivity index (χ2v) is 6.83. The highest BCUT2D eigenvalue weighted by Crippen LogP contribution is 2.18. The van der Waals surface area contributed by atoms with Gasteiger partial charge in [0.05, 0.1) is 5.56 Å². The molecule has 1 N–H and O–H groups in total. The number of nitrogens with one attached hydrogen (secondary N) is 1. The Balaban J connectivity index is 1.58. The molecule has 0 aliphatic heterocycles. The normalized spacial score (nSPS) is 10.4. The fourth-order valence-corrected chi connectivity index (χ4v) is 2.95. The lowest BCUT2D eigenvalue weighted by molar-refractivity contribution is 0.0471. The SMILES string of the molecule is Cc1cccc(C(=O)Nc2nnc(COC(=O)c3cccc(C)c3)s2)c1. The van der Waals surface area contributed by atoms with Gasteiger partial charge >= 0.3 is 5.97 Å². The molecular formula is C19H17N3O3S. The summed E-state index contributed by atoms with van der Waals surface area (Å²) < 4.78 is 5.24. The van der Waals surface area contributed by atoms with E-state index in [9.17, 15) is 9.59 Å². The van der Waals surface area contributed by atoms with Crippen LogP contribution in [0.3, 0.4) is 0 Å². The highest BCUT2D eigenvalue weighted by Gasteiger charge is 2.13. The molecule has 7 heteroatoms. The molecule has 0 fully saturated rings. The third-order valence-electron chi connectivity index (χ3n) is 3.55. The van der Waals surface area contributed by atoms with E-state index in [-0.39, 0.29) is 12.5 Å². The molecule has 0 aliphatic rings. The first kappa shape index (κ1) is 17.8. The number of aromatic nitrogens is 2. The van der Waals surface area contributed by atoms with Crippen LogP contribution in [0.4, 0.5) is 5.13 Å². The monoisotopic (exact) mass is 367 g/mol. The number of nitrogens with zero attached hydrogens (tertiary/aromatic N) is 2. The summed E-state index contributed by atoms with van der Waals surface area (Å²) in [7, 11) is 0. The molecule has 1 amide bonds. The lowest BCUT2D eigenvalue weighted by atomic mass is 10.1. The summed E-state index contributed by atoms with van der Waals surface area (Å²) in [5.74, 6) is -0.678. The minimum absolute atomic E-state index is 0.00472. The van der Waals surface area contributed by atoms with Gasteiger partial charge in [-0.15, -0.1) is 10.2 Å². The Morgan fingerprint density at radius 1 is 1.00 bits per heavy atom. The first-order valence-electron chi connectivity index (χ1n) is 7.95. The van der Waals surface area contributed by atoms with Crippen molar-refractivity contribution in [3.8, 4) is 0 Å². The van der Waals surface area contributed by atoms with Gasteiger partial charge in [-0.2, -0.15) is 0 Å². The van der Waals surface area contributed by atoms with Crippen LogP contribution in [0, 0.1) is 13.8 Å². The molecular weight excluding hydrogens is 350 g/mol. The van der Waals surface area contributed by atoms with Crippen LogP contribution in [0.15, 0.2) is 48.5 Å². The van der Waals surface area contributed by atoms with E-state index in [4.69, 9.17) is 4.74 Å². The number of anilines is 1. The van der Waals surface area contributed by atoms with Gasteiger partial charge in [-0.05, 0) is 38.1 Å². The number of amides is 1. The Bertz CT molecular complexity index is 952. The number of hydrogen-bond acceptors (Lipinski definition) is 6. The van der Waals surface area contributed by atoms with Gasteiger partial charge in [0.25, 0.3) is 5.91 Å². The standard InChI is InChI=1S/C19H17N3O3S/c1-12-5-3-7-14(9-12)17(23)20-19-22-21-16(26-19)11-25-18(24)15-8-4-6-13(2)10-15/h3-10H,11H2,1-2H3,(H,20,22,23). The molecule has 132 valence electrons. The van der Waals surface area contributed by atoms with Gasteiger partial charge in [0.1, 0.15) is 6.61 Å². The summed E-state index contributed by atoms with van der Waals surface area (Å²) in [5.41, 5.74) is 3.02. The highest BCUT2D eigenvalue weighted by molar-refractivity contribution is 7.15. The molecule has 0 radical (unpaired) electrons. The van der Waals surface area contributed by atoms with Crippen molar-refractivity contribution in [3.05, 3.63) is 75.8 Å². The third kappa shape index (κ3) is 4.52. The fraction of sp³-hybridized carbons (Fsp3) is 0.158. The van der Waals surface area contributed by atoms with Gasteiger partial charge in [-0.25, -0.2) is 4.79 Å². The first-order valence-corrected chi connectivity index (χ1v) is 8.77. The average molecular weight is 367 g/mol. The number of benzene rings is 2. The number of ether oxygens (including phenoxy) is 1. The predicted octanol–water partition coefficient (Wildman–Crippen LogP) is 3.76. The second kappa shape index (κ2) is 7.88. The molecule has 0 atom stereocenters. The van der Waals surface area contributed by atoms with E-state index in [1.54, 1.807) is 30.3 Å². The largest absolute Gasteiger partial charge is 0.455 e. The van der Waals surface area contributed by atoms with Crippen molar-refractivity contribution >= 4 is 28.3 Å². The molecule has 0 aliphatic carbocycles. The topological polar surface area (TPSA) is 81.2 Å². The molecule has 0 unspecified atom stereocenters. The van der Waals surface area contributed by atoms with Gasteiger partial charge in [0.2, 0.25) is 5.13 Å². The summed E-state index contributed by atoms with van der Waals surface area (Å²) in [5, 5.41) is 11.4. The maximum Gasteiger partial charge on any atom is 0.338 e. The van der Waals surface area contributed by atoms with Crippen molar-refractivity contribution in [2.45, 2.75) is 20.5 Å². The van der Waals surface area contributed by atoms with E-state index in [2.05, 4.69) is 15.5 Å². The smallest absolute Gasteiger partial charge is 0.338 e.